The summed E-state index contributed by atoms with van der Waals surface area (Å²) < 4.78 is 1.10. The lowest BCUT2D eigenvalue weighted by Gasteiger charge is -2.29. The molecule has 1 aromatic heterocycles. The molecule has 1 aliphatic heterocycles. The fourth-order valence-electron chi connectivity index (χ4n) is 2.42. The number of nitrogens with zero attached hydrogens (tertiary/aromatic N) is 4. The third kappa shape index (κ3) is 2.73. The summed E-state index contributed by atoms with van der Waals surface area (Å²) in [6, 6.07) is 6.46. The Balaban J connectivity index is 1.91. The lowest BCUT2D eigenvalue weighted by molar-refractivity contribution is -0.00855. The number of imidazole rings is 1. The second-order valence-electron chi connectivity index (χ2n) is 5.72. The minimum absolute atomic E-state index is 0.0182. The molecule has 0 saturated heterocycles. The zero-order chi connectivity index (χ0) is 17.3. The van der Waals surface area contributed by atoms with Gasteiger partial charge in [-0.2, -0.15) is 9.74 Å². The molecule has 3 rings (SSSR count). The molecule has 2 aromatic rings. The maximum Gasteiger partial charge on any atom is 0.454 e. The van der Waals surface area contributed by atoms with Gasteiger partial charge in [-0.1, -0.05) is 26.0 Å². The van der Waals surface area contributed by atoms with Crippen LogP contribution in [-0.2, 0) is 0 Å². The van der Waals surface area contributed by atoms with E-state index in [4.69, 9.17) is 4.84 Å². The number of aromatic nitrogens is 2. The molecule has 8 nitrogen and oxygen atoms in total. The molecule has 0 radical (unpaired) electrons. The van der Waals surface area contributed by atoms with E-state index in [0.29, 0.717) is 0 Å². The molecule has 24 heavy (non-hydrogen) atoms. The Morgan fingerprint density at radius 2 is 1.83 bits per heavy atom. The molecule has 1 aromatic carbocycles. The van der Waals surface area contributed by atoms with Crippen molar-refractivity contribution in [2.75, 3.05) is 6.54 Å². The number of hydrogen-bond acceptors (Lipinski definition) is 5. The number of amides is 3. The average Bonchev–Trinajstić information content (AvgIpc) is 3.14. The van der Waals surface area contributed by atoms with Crippen molar-refractivity contribution in [1.29, 1.82) is 0 Å². The van der Waals surface area contributed by atoms with Crippen LogP contribution in [0.4, 0.5) is 4.79 Å². The second kappa shape index (κ2) is 6.15. The zero-order valence-electron chi connectivity index (χ0n) is 13.2. The number of rotatable bonds is 4. The first-order valence-corrected chi connectivity index (χ1v) is 7.44. The van der Waals surface area contributed by atoms with E-state index in [1.165, 1.54) is 18.7 Å². The molecule has 0 saturated carbocycles. The molecule has 0 aliphatic carbocycles. The van der Waals surface area contributed by atoms with Crippen LogP contribution in [-0.4, -0.2) is 44.2 Å². The van der Waals surface area contributed by atoms with Gasteiger partial charge in [0.05, 0.1) is 17.3 Å². The van der Waals surface area contributed by atoms with E-state index >= 15 is 0 Å². The summed E-state index contributed by atoms with van der Waals surface area (Å²) in [4.78, 5) is 46.5. The van der Waals surface area contributed by atoms with Gasteiger partial charge in [-0.25, -0.2) is 14.8 Å². The Morgan fingerprint density at radius 1 is 1.21 bits per heavy atom. The van der Waals surface area contributed by atoms with Crippen molar-refractivity contribution >= 4 is 17.9 Å². The summed E-state index contributed by atoms with van der Waals surface area (Å²) in [5.74, 6) is -1.07. The number of hydrazine groups is 1. The minimum Gasteiger partial charge on any atom is -0.315 e. The van der Waals surface area contributed by atoms with Gasteiger partial charge in [-0.05, 0) is 18.1 Å². The predicted octanol–water partition coefficient (Wildman–Crippen LogP) is 1.60. The van der Waals surface area contributed by atoms with E-state index in [0.717, 1.165) is 14.7 Å². The highest BCUT2D eigenvalue weighted by Gasteiger charge is 2.42. The molecule has 0 spiro atoms. The van der Waals surface area contributed by atoms with Crippen molar-refractivity contribution in [2.24, 2.45) is 5.92 Å². The maximum absolute atomic E-state index is 12.6. The van der Waals surface area contributed by atoms with Crippen LogP contribution in [0, 0.1) is 5.92 Å². The van der Waals surface area contributed by atoms with Gasteiger partial charge in [0.1, 0.15) is 6.33 Å². The summed E-state index contributed by atoms with van der Waals surface area (Å²) in [5, 5.41) is 1.86. The molecule has 2 heterocycles. The number of carbonyl (C=O) groups is 3. The van der Waals surface area contributed by atoms with E-state index in [1.54, 1.807) is 24.3 Å². The van der Waals surface area contributed by atoms with Crippen LogP contribution in [0.15, 0.2) is 43.0 Å². The maximum atomic E-state index is 12.6. The molecule has 0 bridgehead atoms. The first-order chi connectivity index (χ1) is 11.5. The lowest BCUT2D eigenvalue weighted by Crippen LogP contribution is -2.53. The molecule has 0 atom stereocenters. The van der Waals surface area contributed by atoms with Crippen LogP contribution in [0.25, 0.3) is 0 Å². The normalized spacial score (nSPS) is 13.4. The SMILES string of the molecule is CC(C)CN(C(=O)On1ccnc1)N1C(=O)c2ccccc2C1=O. The van der Waals surface area contributed by atoms with Crippen molar-refractivity contribution in [3.63, 3.8) is 0 Å². The number of imide groups is 1. The summed E-state index contributed by atoms with van der Waals surface area (Å²) in [6.07, 6.45) is 3.35. The van der Waals surface area contributed by atoms with Gasteiger partial charge in [-0.15, -0.1) is 0 Å². The monoisotopic (exact) mass is 328 g/mol. The van der Waals surface area contributed by atoms with Crippen LogP contribution in [0.2, 0.25) is 0 Å². The van der Waals surface area contributed by atoms with E-state index < -0.39 is 17.9 Å². The average molecular weight is 328 g/mol. The van der Waals surface area contributed by atoms with Crippen molar-refractivity contribution < 1.29 is 19.2 Å². The topological polar surface area (TPSA) is 84.7 Å². The van der Waals surface area contributed by atoms with E-state index in [2.05, 4.69) is 4.98 Å². The lowest BCUT2D eigenvalue weighted by atomic mass is 10.1. The smallest absolute Gasteiger partial charge is 0.315 e. The predicted molar refractivity (Wildman–Crippen MR) is 82.7 cm³/mol. The third-order valence-electron chi connectivity index (χ3n) is 3.43. The number of benzene rings is 1. The summed E-state index contributed by atoms with van der Waals surface area (Å²) in [5.41, 5.74) is 0.540. The van der Waals surface area contributed by atoms with Crippen LogP contribution >= 0.6 is 0 Å². The molecule has 0 N–H and O–H groups in total. The molecule has 0 unspecified atom stereocenters. The first-order valence-electron chi connectivity index (χ1n) is 7.44. The largest absolute Gasteiger partial charge is 0.454 e. The van der Waals surface area contributed by atoms with Gasteiger partial charge >= 0.3 is 6.09 Å². The quantitative estimate of drug-likeness (QED) is 0.796. The third-order valence-corrected chi connectivity index (χ3v) is 3.43. The molecule has 0 fully saturated rings. The Hall–Kier alpha value is -3.16. The van der Waals surface area contributed by atoms with E-state index in [-0.39, 0.29) is 23.6 Å². The van der Waals surface area contributed by atoms with Crippen molar-refractivity contribution in [3.05, 3.63) is 54.1 Å². The van der Waals surface area contributed by atoms with Gasteiger partial charge in [0.2, 0.25) is 0 Å². The van der Waals surface area contributed by atoms with Gasteiger partial charge in [0.25, 0.3) is 11.8 Å². The fraction of sp³-hybridized carbons (Fsp3) is 0.250. The van der Waals surface area contributed by atoms with Crippen molar-refractivity contribution in [1.82, 2.24) is 19.7 Å². The molecular formula is C16H16N4O4. The van der Waals surface area contributed by atoms with Gasteiger partial charge in [0.15, 0.2) is 0 Å². The van der Waals surface area contributed by atoms with E-state index in [9.17, 15) is 14.4 Å². The van der Waals surface area contributed by atoms with Crippen LogP contribution in [0.5, 0.6) is 0 Å². The number of fused-ring (bicyclic) bond motifs is 1. The van der Waals surface area contributed by atoms with Crippen LogP contribution in [0.1, 0.15) is 34.6 Å². The second-order valence-corrected chi connectivity index (χ2v) is 5.72. The number of carbonyl (C=O) groups excluding carboxylic acids is 3. The van der Waals surface area contributed by atoms with Crippen LogP contribution in [0.3, 0.4) is 0 Å². The molecule has 8 heteroatoms. The minimum atomic E-state index is -0.837. The van der Waals surface area contributed by atoms with Crippen molar-refractivity contribution in [3.8, 4) is 0 Å². The van der Waals surface area contributed by atoms with Gasteiger partial charge in [-0.3, -0.25) is 9.59 Å². The highest BCUT2D eigenvalue weighted by Crippen LogP contribution is 2.24. The Morgan fingerprint density at radius 3 is 2.33 bits per heavy atom. The Labute approximate surface area is 138 Å². The highest BCUT2D eigenvalue weighted by molar-refractivity contribution is 6.21. The zero-order valence-corrected chi connectivity index (χ0v) is 13.2. The standard InChI is InChI=1S/C16H16N4O4/c1-11(2)9-19(16(23)24-18-8-7-17-10-18)20-14(21)12-5-3-4-6-13(12)15(20)22/h3-8,10-11H,9H2,1-2H3. The fourth-order valence-corrected chi connectivity index (χ4v) is 2.42. The first kappa shape index (κ1) is 15.7. The Bertz CT molecular complexity index is 750. The van der Waals surface area contributed by atoms with Crippen LogP contribution < -0.4 is 4.84 Å². The molecule has 3 amide bonds. The molecule has 1 aliphatic rings. The number of hydrogen-bond donors (Lipinski definition) is 0. The van der Waals surface area contributed by atoms with E-state index in [1.807, 2.05) is 13.8 Å². The summed E-state index contributed by atoms with van der Waals surface area (Å²) in [6.45, 7) is 3.89. The molecule has 124 valence electrons. The Kier molecular flexibility index (Phi) is 4.03. The summed E-state index contributed by atoms with van der Waals surface area (Å²) >= 11 is 0. The van der Waals surface area contributed by atoms with Crippen molar-refractivity contribution in [2.45, 2.75) is 13.8 Å². The highest BCUT2D eigenvalue weighted by atomic mass is 16.7. The van der Waals surface area contributed by atoms with Gasteiger partial charge in [0, 0.05) is 12.7 Å². The summed E-state index contributed by atoms with van der Waals surface area (Å²) in [7, 11) is 0. The molecular weight excluding hydrogens is 312 g/mol. The van der Waals surface area contributed by atoms with Gasteiger partial charge < -0.3 is 4.84 Å².